The number of carbonyl (C=O) groups excluding carboxylic acids is 1. The zero-order valence-electron chi connectivity index (χ0n) is 20.3. The van der Waals surface area contributed by atoms with Crippen LogP contribution in [-0.2, 0) is 9.53 Å². The van der Waals surface area contributed by atoms with Crippen molar-refractivity contribution in [2.75, 3.05) is 0 Å². The molecule has 0 unspecified atom stereocenters. The first-order chi connectivity index (χ1) is 14.3. The van der Waals surface area contributed by atoms with Crippen molar-refractivity contribution >= 4 is 6.47 Å². The first-order valence-corrected chi connectivity index (χ1v) is 13.1. The molecule has 0 saturated heterocycles. The average Bonchev–Trinajstić information content (AvgIpc) is 3.05. The van der Waals surface area contributed by atoms with E-state index in [4.69, 9.17) is 4.74 Å². The van der Waals surface area contributed by atoms with E-state index in [9.17, 15) is 4.79 Å². The molecule has 4 rings (SSSR count). The van der Waals surface area contributed by atoms with E-state index in [0.717, 1.165) is 48.3 Å². The molecule has 4 aliphatic rings. The van der Waals surface area contributed by atoms with E-state index < -0.39 is 0 Å². The second kappa shape index (κ2) is 8.62. The Kier molecular flexibility index (Phi) is 6.44. The van der Waals surface area contributed by atoms with Crippen molar-refractivity contribution in [1.29, 1.82) is 0 Å². The van der Waals surface area contributed by atoms with E-state index >= 15 is 0 Å². The molecule has 3 saturated carbocycles. The predicted octanol–water partition coefficient (Wildman–Crippen LogP) is 7.57. The van der Waals surface area contributed by atoms with E-state index in [0.29, 0.717) is 17.3 Å². The summed E-state index contributed by atoms with van der Waals surface area (Å²) in [5, 5.41) is 0. The highest BCUT2D eigenvalue weighted by Gasteiger charge is 2.59. The number of hydrogen-bond donors (Lipinski definition) is 0. The maximum Gasteiger partial charge on any atom is 0.293 e. The molecule has 0 radical (unpaired) electrons. The summed E-state index contributed by atoms with van der Waals surface area (Å²) >= 11 is 0. The number of rotatable bonds is 7. The van der Waals surface area contributed by atoms with Gasteiger partial charge in [0, 0.05) is 6.42 Å². The molecule has 8 atom stereocenters. The standard InChI is InChI=1S/C28H46O2/c1-19(2)7-6-8-20(3)24-11-12-25-23-10-9-21-17-22(30-18-29)13-15-27(21,4)26(23)14-16-28(24,25)5/h9,18-20,22-26H,6-8,10-17H2,1-5H3/t20-,22-,23+,24-,25+,26+,27-,28-/m0/s1. The van der Waals surface area contributed by atoms with Crippen LogP contribution in [0.25, 0.3) is 0 Å². The lowest BCUT2D eigenvalue weighted by molar-refractivity contribution is -0.136. The molecule has 2 heteroatoms. The van der Waals surface area contributed by atoms with Gasteiger partial charge in [-0.2, -0.15) is 0 Å². The summed E-state index contributed by atoms with van der Waals surface area (Å²) in [5.74, 6) is 5.32. The quantitative estimate of drug-likeness (QED) is 0.317. The highest BCUT2D eigenvalue weighted by molar-refractivity contribution is 5.38. The second-order valence-electron chi connectivity index (χ2n) is 12.4. The van der Waals surface area contributed by atoms with Gasteiger partial charge in [-0.3, -0.25) is 4.79 Å². The van der Waals surface area contributed by atoms with Crippen LogP contribution in [0.2, 0.25) is 0 Å². The van der Waals surface area contributed by atoms with Gasteiger partial charge in [0.25, 0.3) is 6.47 Å². The van der Waals surface area contributed by atoms with E-state index in [1.807, 2.05) is 0 Å². The molecule has 0 aromatic rings. The lowest BCUT2D eigenvalue weighted by Crippen LogP contribution is -2.51. The molecule has 0 aromatic carbocycles. The zero-order valence-corrected chi connectivity index (χ0v) is 20.3. The minimum absolute atomic E-state index is 0.120. The first-order valence-electron chi connectivity index (χ1n) is 13.1. The number of carbonyl (C=O) groups is 1. The summed E-state index contributed by atoms with van der Waals surface area (Å²) in [4.78, 5) is 10.8. The lowest BCUT2D eigenvalue weighted by atomic mass is 9.47. The number of hydrogen-bond acceptors (Lipinski definition) is 2. The van der Waals surface area contributed by atoms with E-state index in [1.54, 1.807) is 5.57 Å². The molecule has 0 aromatic heterocycles. The summed E-state index contributed by atoms with van der Waals surface area (Å²) in [6.07, 6.45) is 17.2. The summed E-state index contributed by atoms with van der Waals surface area (Å²) in [5.41, 5.74) is 2.54. The average molecular weight is 415 g/mol. The Morgan fingerprint density at radius 1 is 1.07 bits per heavy atom. The maximum absolute atomic E-state index is 10.8. The van der Waals surface area contributed by atoms with Crippen molar-refractivity contribution in [2.24, 2.45) is 46.3 Å². The highest BCUT2D eigenvalue weighted by atomic mass is 16.5. The normalized spacial score (nSPS) is 43.9. The largest absolute Gasteiger partial charge is 0.464 e. The molecule has 2 nitrogen and oxygen atoms in total. The monoisotopic (exact) mass is 414 g/mol. The third-order valence-electron chi connectivity index (χ3n) is 10.5. The van der Waals surface area contributed by atoms with Gasteiger partial charge in [-0.15, -0.1) is 0 Å². The van der Waals surface area contributed by atoms with Gasteiger partial charge >= 0.3 is 0 Å². The Balaban J connectivity index is 1.47. The van der Waals surface area contributed by atoms with Crippen LogP contribution >= 0.6 is 0 Å². The topological polar surface area (TPSA) is 26.3 Å². The lowest BCUT2D eigenvalue weighted by Gasteiger charge is -2.58. The Bertz CT molecular complexity index is 651. The van der Waals surface area contributed by atoms with Gasteiger partial charge in [0.1, 0.15) is 6.10 Å². The van der Waals surface area contributed by atoms with Crippen LogP contribution in [0.1, 0.15) is 105 Å². The molecule has 0 amide bonds. The third-order valence-corrected chi connectivity index (χ3v) is 10.5. The fourth-order valence-corrected chi connectivity index (χ4v) is 8.85. The van der Waals surface area contributed by atoms with Crippen molar-refractivity contribution in [2.45, 2.75) is 111 Å². The van der Waals surface area contributed by atoms with Crippen LogP contribution in [0.15, 0.2) is 11.6 Å². The summed E-state index contributed by atoms with van der Waals surface area (Å²) in [6.45, 7) is 13.2. The minimum atomic E-state index is 0.120. The molecular formula is C28H46O2. The van der Waals surface area contributed by atoms with Gasteiger partial charge in [0.15, 0.2) is 0 Å². The fraction of sp³-hybridized carbons (Fsp3) is 0.893. The third kappa shape index (κ3) is 3.79. The molecule has 0 heterocycles. The van der Waals surface area contributed by atoms with E-state index in [-0.39, 0.29) is 6.10 Å². The van der Waals surface area contributed by atoms with Crippen LogP contribution in [0.3, 0.4) is 0 Å². The summed E-state index contributed by atoms with van der Waals surface area (Å²) in [7, 11) is 0. The zero-order chi connectivity index (χ0) is 21.5. The molecule has 0 aliphatic heterocycles. The molecule has 170 valence electrons. The van der Waals surface area contributed by atoms with Crippen LogP contribution in [0.5, 0.6) is 0 Å². The van der Waals surface area contributed by atoms with Crippen molar-refractivity contribution in [3.63, 3.8) is 0 Å². The smallest absolute Gasteiger partial charge is 0.293 e. The molecule has 0 N–H and O–H groups in total. The van der Waals surface area contributed by atoms with Gasteiger partial charge in [0.05, 0.1) is 0 Å². The van der Waals surface area contributed by atoms with Gasteiger partial charge in [0.2, 0.25) is 0 Å². The van der Waals surface area contributed by atoms with Crippen molar-refractivity contribution in [3.05, 3.63) is 11.6 Å². The van der Waals surface area contributed by atoms with Crippen LogP contribution in [0.4, 0.5) is 0 Å². The Morgan fingerprint density at radius 3 is 2.60 bits per heavy atom. The molecule has 30 heavy (non-hydrogen) atoms. The van der Waals surface area contributed by atoms with Crippen LogP contribution < -0.4 is 0 Å². The summed E-state index contributed by atoms with van der Waals surface area (Å²) < 4.78 is 5.36. The number of fused-ring (bicyclic) bond motifs is 5. The first kappa shape index (κ1) is 22.4. The van der Waals surface area contributed by atoms with Gasteiger partial charge in [-0.05, 0) is 91.3 Å². The van der Waals surface area contributed by atoms with Crippen LogP contribution in [0, 0.1) is 46.3 Å². The van der Waals surface area contributed by atoms with E-state index in [2.05, 4.69) is 40.7 Å². The van der Waals surface area contributed by atoms with E-state index in [1.165, 1.54) is 57.8 Å². The molecule has 0 spiro atoms. The van der Waals surface area contributed by atoms with Gasteiger partial charge in [-0.25, -0.2) is 0 Å². The van der Waals surface area contributed by atoms with Gasteiger partial charge < -0.3 is 4.74 Å². The molecular weight excluding hydrogens is 368 g/mol. The molecule has 4 aliphatic carbocycles. The second-order valence-corrected chi connectivity index (χ2v) is 12.4. The maximum atomic E-state index is 10.8. The predicted molar refractivity (Wildman–Crippen MR) is 124 cm³/mol. The number of allylic oxidation sites excluding steroid dienone is 1. The molecule has 0 bridgehead atoms. The Hall–Kier alpha value is -0.790. The van der Waals surface area contributed by atoms with Gasteiger partial charge in [-0.1, -0.05) is 65.5 Å². The van der Waals surface area contributed by atoms with Crippen molar-refractivity contribution in [3.8, 4) is 0 Å². The fourth-order valence-electron chi connectivity index (χ4n) is 8.85. The summed E-state index contributed by atoms with van der Waals surface area (Å²) in [6, 6.07) is 0. The number of ether oxygens (including phenoxy) is 1. The highest BCUT2D eigenvalue weighted by Crippen LogP contribution is 2.67. The Morgan fingerprint density at radius 2 is 1.87 bits per heavy atom. The van der Waals surface area contributed by atoms with Crippen molar-refractivity contribution in [1.82, 2.24) is 0 Å². The Labute approximate surface area is 185 Å². The molecule has 3 fully saturated rings. The minimum Gasteiger partial charge on any atom is -0.464 e. The van der Waals surface area contributed by atoms with Crippen LogP contribution in [-0.4, -0.2) is 12.6 Å². The SMILES string of the molecule is CC(C)CCC[C@H](C)[C@@H]1CC[C@@H]2[C@H]3CC=C4C[C@@H](OC=O)CC[C@]4(C)[C@@H]3CC[C@]21C. The van der Waals surface area contributed by atoms with Crippen molar-refractivity contribution < 1.29 is 9.53 Å².